The predicted molar refractivity (Wildman–Crippen MR) is 71.6 cm³/mol. The SMILES string of the molecule is CCNC(Cc1ccccc1[N+](=O)[O-])C1CCC1. The molecule has 1 aromatic carbocycles. The van der Waals surface area contributed by atoms with Crippen LogP contribution >= 0.6 is 0 Å². The first kappa shape index (κ1) is 13.0. The third-order valence-electron chi connectivity index (χ3n) is 3.81. The van der Waals surface area contributed by atoms with Crippen molar-refractivity contribution in [3.63, 3.8) is 0 Å². The average molecular weight is 248 g/mol. The largest absolute Gasteiger partial charge is 0.314 e. The lowest BCUT2D eigenvalue weighted by Crippen LogP contribution is -2.41. The molecule has 1 N–H and O–H groups in total. The summed E-state index contributed by atoms with van der Waals surface area (Å²) in [4.78, 5) is 10.7. The molecule has 0 radical (unpaired) electrons. The zero-order valence-electron chi connectivity index (χ0n) is 10.8. The van der Waals surface area contributed by atoms with Gasteiger partial charge in [0.05, 0.1) is 4.92 Å². The van der Waals surface area contributed by atoms with Crippen molar-refractivity contribution < 1.29 is 4.92 Å². The topological polar surface area (TPSA) is 55.2 Å². The number of hydrogen-bond donors (Lipinski definition) is 1. The second-order valence-electron chi connectivity index (χ2n) is 4.95. The molecule has 0 heterocycles. The van der Waals surface area contributed by atoms with Crippen LogP contribution in [0.15, 0.2) is 24.3 Å². The number of nitrogens with one attached hydrogen (secondary N) is 1. The average Bonchev–Trinajstić information content (AvgIpc) is 2.27. The summed E-state index contributed by atoms with van der Waals surface area (Å²) in [6, 6.07) is 7.46. The highest BCUT2D eigenvalue weighted by Crippen LogP contribution is 2.32. The van der Waals surface area contributed by atoms with Gasteiger partial charge in [0.2, 0.25) is 0 Å². The van der Waals surface area contributed by atoms with Crippen LogP contribution in [0.1, 0.15) is 31.7 Å². The van der Waals surface area contributed by atoms with Crippen molar-refractivity contribution in [3.05, 3.63) is 39.9 Å². The number of nitro groups is 1. The van der Waals surface area contributed by atoms with Gasteiger partial charge in [0.15, 0.2) is 0 Å². The molecule has 1 aliphatic rings. The van der Waals surface area contributed by atoms with E-state index < -0.39 is 0 Å². The lowest BCUT2D eigenvalue weighted by Gasteiger charge is -2.34. The number of rotatable bonds is 6. The van der Waals surface area contributed by atoms with E-state index in [1.807, 2.05) is 12.1 Å². The highest BCUT2D eigenvalue weighted by molar-refractivity contribution is 5.40. The van der Waals surface area contributed by atoms with Gasteiger partial charge in [-0.25, -0.2) is 0 Å². The number of likely N-dealkylation sites (N-methyl/N-ethyl adjacent to an activating group) is 1. The second kappa shape index (κ2) is 5.96. The van der Waals surface area contributed by atoms with Crippen molar-refractivity contribution in [3.8, 4) is 0 Å². The Morgan fingerprint density at radius 3 is 2.72 bits per heavy atom. The Balaban J connectivity index is 2.12. The van der Waals surface area contributed by atoms with Crippen molar-refractivity contribution in [1.29, 1.82) is 0 Å². The van der Waals surface area contributed by atoms with Gasteiger partial charge in [-0.05, 0) is 31.7 Å². The smallest absolute Gasteiger partial charge is 0.272 e. The molecule has 0 aliphatic heterocycles. The zero-order valence-corrected chi connectivity index (χ0v) is 10.8. The Labute approximate surface area is 108 Å². The normalized spacial score (nSPS) is 17.2. The molecule has 1 fully saturated rings. The minimum Gasteiger partial charge on any atom is -0.314 e. The van der Waals surface area contributed by atoms with Gasteiger partial charge in [-0.1, -0.05) is 31.5 Å². The second-order valence-corrected chi connectivity index (χ2v) is 4.95. The van der Waals surface area contributed by atoms with Gasteiger partial charge in [0, 0.05) is 17.7 Å². The highest BCUT2D eigenvalue weighted by atomic mass is 16.6. The van der Waals surface area contributed by atoms with Crippen molar-refractivity contribution in [2.75, 3.05) is 6.54 Å². The predicted octanol–water partition coefficient (Wildman–Crippen LogP) is 2.92. The molecule has 2 rings (SSSR count). The van der Waals surface area contributed by atoms with Gasteiger partial charge in [0.25, 0.3) is 5.69 Å². The Kier molecular flexibility index (Phi) is 4.31. The third kappa shape index (κ3) is 2.88. The molecule has 4 nitrogen and oxygen atoms in total. The van der Waals surface area contributed by atoms with E-state index >= 15 is 0 Å². The molecule has 1 aliphatic carbocycles. The molecule has 0 amide bonds. The summed E-state index contributed by atoms with van der Waals surface area (Å²) in [5.41, 5.74) is 1.10. The molecular weight excluding hydrogens is 228 g/mol. The summed E-state index contributed by atoms with van der Waals surface area (Å²) >= 11 is 0. The minimum atomic E-state index is -0.279. The molecular formula is C14H20N2O2. The van der Waals surface area contributed by atoms with Crippen LogP contribution in [-0.2, 0) is 6.42 Å². The van der Waals surface area contributed by atoms with Crippen molar-refractivity contribution >= 4 is 5.69 Å². The summed E-state index contributed by atoms with van der Waals surface area (Å²) < 4.78 is 0. The Bertz CT molecular complexity index is 416. The summed E-state index contributed by atoms with van der Waals surface area (Å²) in [5.74, 6) is 0.685. The number of benzene rings is 1. The monoisotopic (exact) mass is 248 g/mol. The van der Waals surface area contributed by atoms with Crippen LogP contribution in [0, 0.1) is 16.0 Å². The quantitative estimate of drug-likeness (QED) is 0.622. The maximum Gasteiger partial charge on any atom is 0.272 e. The fourth-order valence-corrected chi connectivity index (χ4v) is 2.61. The van der Waals surface area contributed by atoms with Gasteiger partial charge in [-0.15, -0.1) is 0 Å². The van der Waals surface area contributed by atoms with Gasteiger partial charge < -0.3 is 5.32 Å². The molecule has 4 heteroatoms. The van der Waals surface area contributed by atoms with E-state index in [0.717, 1.165) is 18.5 Å². The van der Waals surface area contributed by atoms with Crippen LogP contribution in [0.4, 0.5) is 5.69 Å². The van der Waals surface area contributed by atoms with E-state index in [1.165, 1.54) is 19.3 Å². The number of nitro benzene ring substituents is 1. The van der Waals surface area contributed by atoms with E-state index in [-0.39, 0.29) is 10.6 Å². The van der Waals surface area contributed by atoms with E-state index in [9.17, 15) is 10.1 Å². The van der Waals surface area contributed by atoms with Gasteiger partial charge in [-0.3, -0.25) is 10.1 Å². The molecule has 0 spiro atoms. The van der Waals surface area contributed by atoms with Crippen LogP contribution in [0.3, 0.4) is 0 Å². The van der Waals surface area contributed by atoms with E-state index in [0.29, 0.717) is 12.0 Å². The fourth-order valence-electron chi connectivity index (χ4n) is 2.61. The van der Waals surface area contributed by atoms with Crippen molar-refractivity contribution in [1.82, 2.24) is 5.32 Å². The van der Waals surface area contributed by atoms with E-state index in [4.69, 9.17) is 0 Å². The third-order valence-corrected chi connectivity index (χ3v) is 3.81. The Hall–Kier alpha value is -1.42. The Morgan fingerprint density at radius 1 is 1.44 bits per heavy atom. The molecule has 0 bridgehead atoms. The molecule has 0 saturated heterocycles. The van der Waals surface area contributed by atoms with Crippen LogP contribution in [-0.4, -0.2) is 17.5 Å². The first-order valence-electron chi connectivity index (χ1n) is 6.68. The summed E-state index contributed by atoms with van der Waals surface area (Å²) in [6.07, 6.45) is 4.55. The molecule has 18 heavy (non-hydrogen) atoms. The van der Waals surface area contributed by atoms with Gasteiger partial charge in [0.1, 0.15) is 0 Å². The molecule has 1 aromatic rings. The maximum absolute atomic E-state index is 11.0. The number of hydrogen-bond acceptors (Lipinski definition) is 3. The highest BCUT2D eigenvalue weighted by Gasteiger charge is 2.28. The van der Waals surface area contributed by atoms with Crippen LogP contribution in [0.2, 0.25) is 0 Å². The minimum absolute atomic E-state index is 0.250. The summed E-state index contributed by atoms with van der Waals surface area (Å²) in [6.45, 7) is 3.01. The first-order valence-corrected chi connectivity index (χ1v) is 6.68. The van der Waals surface area contributed by atoms with Crippen molar-refractivity contribution in [2.24, 2.45) is 5.92 Å². The van der Waals surface area contributed by atoms with Crippen molar-refractivity contribution in [2.45, 2.75) is 38.6 Å². The number of nitrogens with zero attached hydrogens (tertiary/aromatic N) is 1. The van der Waals surface area contributed by atoms with Crippen LogP contribution in [0.5, 0.6) is 0 Å². The van der Waals surface area contributed by atoms with Gasteiger partial charge in [-0.2, -0.15) is 0 Å². The fraction of sp³-hybridized carbons (Fsp3) is 0.571. The molecule has 98 valence electrons. The zero-order chi connectivity index (χ0) is 13.0. The van der Waals surface area contributed by atoms with E-state index in [1.54, 1.807) is 12.1 Å². The van der Waals surface area contributed by atoms with Gasteiger partial charge >= 0.3 is 0 Å². The molecule has 1 saturated carbocycles. The first-order chi connectivity index (χ1) is 8.72. The Morgan fingerprint density at radius 2 is 2.17 bits per heavy atom. The van der Waals surface area contributed by atoms with E-state index in [2.05, 4.69) is 12.2 Å². The maximum atomic E-state index is 11.0. The lowest BCUT2D eigenvalue weighted by molar-refractivity contribution is -0.385. The number of para-hydroxylation sites is 1. The standard InChI is InChI=1S/C14H20N2O2/c1-2-15-13(11-7-5-8-11)10-12-6-3-4-9-14(12)16(17)18/h3-4,6,9,11,13,15H,2,5,7-8,10H2,1H3. The molecule has 0 aromatic heterocycles. The molecule has 1 atom stereocenters. The summed E-state index contributed by atoms with van der Waals surface area (Å²) in [5, 5.41) is 14.5. The summed E-state index contributed by atoms with van der Waals surface area (Å²) in [7, 11) is 0. The van der Waals surface area contributed by atoms with Crippen LogP contribution < -0.4 is 5.32 Å². The van der Waals surface area contributed by atoms with Crippen LogP contribution in [0.25, 0.3) is 0 Å². The lowest BCUT2D eigenvalue weighted by atomic mass is 9.77. The molecule has 1 unspecified atom stereocenters.